The first-order valence-electron chi connectivity index (χ1n) is 7.96. The molecule has 4 heteroatoms. The molecule has 0 radical (unpaired) electrons. The minimum atomic E-state index is -0.105. The van der Waals surface area contributed by atoms with E-state index >= 15 is 0 Å². The number of nitrogens with one attached hydrogen (secondary N) is 2. The number of hydrogen-bond donors (Lipinski definition) is 2. The van der Waals surface area contributed by atoms with Gasteiger partial charge in [-0.3, -0.25) is 4.79 Å². The van der Waals surface area contributed by atoms with Gasteiger partial charge in [-0.25, -0.2) is 0 Å². The molecule has 0 aliphatic carbocycles. The van der Waals surface area contributed by atoms with Gasteiger partial charge in [-0.2, -0.15) is 0 Å². The van der Waals surface area contributed by atoms with Crippen LogP contribution in [0.25, 0.3) is 0 Å². The van der Waals surface area contributed by atoms with Crippen molar-refractivity contribution in [2.75, 3.05) is 25.1 Å². The SMILES string of the molecule is CCCNC1COCC1C(=O)Nc1ccccc1CCC. The maximum absolute atomic E-state index is 12.5. The predicted molar refractivity (Wildman–Crippen MR) is 85.5 cm³/mol. The lowest BCUT2D eigenvalue weighted by molar-refractivity contribution is -0.120. The van der Waals surface area contributed by atoms with Gasteiger partial charge in [0, 0.05) is 11.7 Å². The van der Waals surface area contributed by atoms with Crippen molar-refractivity contribution in [1.29, 1.82) is 0 Å². The summed E-state index contributed by atoms with van der Waals surface area (Å²) in [5.41, 5.74) is 2.14. The minimum absolute atomic E-state index is 0.0599. The molecule has 1 aromatic carbocycles. The summed E-state index contributed by atoms with van der Waals surface area (Å²) in [6.07, 6.45) is 3.11. The van der Waals surface area contributed by atoms with Crippen LogP contribution in [0.5, 0.6) is 0 Å². The fraction of sp³-hybridized carbons (Fsp3) is 0.588. The minimum Gasteiger partial charge on any atom is -0.379 e. The fourth-order valence-corrected chi connectivity index (χ4v) is 2.70. The highest BCUT2D eigenvalue weighted by atomic mass is 16.5. The zero-order valence-corrected chi connectivity index (χ0v) is 13.0. The number of benzene rings is 1. The van der Waals surface area contributed by atoms with Crippen LogP contribution in [0.4, 0.5) is 5.69 Å². The second-order valence-electron chi connectivity index (χ2n) is 5.60. The van der Waals surface area contributed by atoms with E-state index in [4.69, 9.17) is 4.74 Å². The molecular weight excluding hydrogens is 264 g/mol. The molecule has 2 N–H and O–H groups in total. The molecule has 4 nitrogen and oxygen atoms in total. The summed E-state index contributed by atoms with van der Waals surface area (Å²) in [5.74, 6) is -0.0455. The average Bonchev–Trinajstić information content (AvgIpc) is 2.96. The van der Waals surface area contributed by atoms with Gasteiger partial charge >= 0.3 is 0 Å². The van der Waals surface area contributed by atoms with Crippen molar-refractivity contribution in [1.82, 2.24) is 5.32 Å². The van der Waals surface area contributed by atoms with Crippen LogP contribution in [-0.4, -0.2) is 31.7 Å². The van der Waals surface area contributed by atoms with Gasteiger partial charge in [-0.15, -0.1) is 0 Å². The van der Waals surface area contributed by atoms with Gasteiger partial charge in [0.05, 0.1) is 19.1 Å². The molecule has 1 heterocycles. The first-order chi connectivity index (χ1) is 10.3. The number of rotatable bonds is 7. The molecule has 0 saturated carbocycles. The van der Waals surface area contributed by atoms with E-state index in [0.29, 0.717) is 13.2 Å². The normalized spacial score (nSPS) is 21.4. The molecule has 1 fully saturated rings. The zero-order valence-electron chi connectivity index (χ0n) is 13.0. The molecule has 1 aromatic rings. The van der Waals surface area contributed by atoms with Crippen LogP contribution in [0, 0.1) is 5.92 Å². The summed E-state index contributed by atoms with van der Waals surface area (Å²) >= 11 is 0. The maximum Gasteiger partial charge on any atom is 0.231 e. The lowest BCUT2D eigenvalue weighted by atomic mass is 10.0. The summed E-state index contributed by atoms with van der Waals surface area (Å²) < 4.78 is 5.48. The number of carbonyl (C=O) groups is 1. The third kappa shape index (κ3) is 4.29. The second kappa shape index (κ2) is 8.15. The van der Waals surface area contributed by atoms with Crippen molar-refractivity contribution in [3.05, 3.63) is 29.8 Å². The van der Waals surface area contributed by atoms with E-state index in [9.17, 15) is 4.79 Å². The van der Waals surface area contributed by atoms with Crippen LogP contribution in [0.15, 0.2) is 24.3 Å². The van der Waals surface area contributed by atoms with Crippen molar-refractivity contribution >= 4 is 11.6 Å². The Morgan fingerprint density at radius 1 is 1.24 bits per heavy atom. The zero-order chi connectivity index (χ0) is 15.1. The summed E-state index contributed by atoms with van der Waals surface area (Å²) in [5, 5.41) is 6.49. The first-order valence-corrected chi connectivity index (χ1v) is 7.96. The summed E-state index contributed by atoms with van der Waals surface area (Å²) in [7, 11) is 0. The van der Waals surface area contributed by atoms with Gasteiger partial charge in [0.1, 0.15) is 0 Å². The highest BCUT2D eigenvalue weighted by Crippen LogP contribution is 2.20. The molecule has 0 spiro atoms. The van der Waals surface area contributed by atoms with Gasteiger partial charge in [0.15, 0.2) is 0 Å². The number of aryl methyl sites for hydroxylation is 1. The van der Waals surface area contributed by atoms with Crippen LogP contribution < -0.4 is 10.6 Å². The Morgan fingerprint density at radius 2 is 2.05 bits per heavy atom. The van der Waals surface area contributed by atoms with Crippen LogP contribution in [0.3, 0.4) is 0 Å². The highest BCUT2D eigenvalue weighted by Gasteiger charge is 2.33. The number of hydrogen-bond acceptors (Lipinski definition) is 3. The third-order valence-electron chi connectivity index (χ3n) is 3.87. The number of carbonyl (C=O) groups excluding carboxylic acids is 1. The molecule has 1 saturated heterocycles. The van der Waals surface area contributed by atoms with Gasteiger partial charge in [0.2, 0.25) is 5.91 Å². The van der Waals surface area contributed by atoms with E-state index < -0.39 is 0 Å². The molecule has 1 aliphatic rings. The molecular formula is C17H26N2O2. The van der Waals surface area contributed by atoms with Gasteiger partial charge in [-0.1, -0.05) is 38.5 Å². The Balaban J connectivity index is 2.00. The average molecular weight is 290 g/mol. The molecule has 2 unspecified atom stereocenters. The van der Waals surface area contributed by atoms with Gasteiger partial charge in [-0.05, 0) is 31.0 Å². The van der Waals surface area contributed by atoms with Crippen LogP contribution in [0.2, 0.25) is 0 Å². The standard InChI is InChI=1S/C17H26N2O2/c1-3-7-13-8-5-6-9-15(13)19-17(20)14-11-21-12-16(14)18-10-4-2/h5-6,8-9,14,16,18H,3-4,7,10-12H2,1-2H3,(H,19,20). The molecule has 0 aromatic heterocycles. The Morgan fingerprint density at radius 3 is 2.81 bits per heavy atom. The molecule has 21 heavy (non-hydrogen) atoms. The number of para-hydroxylation sites is 1. The highest BCUT2D eigenvalue weighted by molar-refractivity contribution is 5.94. The first kappa shape index (κ1) is 16.0. The Kier molecular flexibility index (Phi) is 6.21. The van der Waals surface area contributed by atoms with Crippen LogP contribution >= 0.6 is 0 Å². The lowest BCUT2D eigenvalue weighted by Crippen LogP contribution is -2.41. The fourth-order valence-electron chi connectivity index (χ4n) is 2.70. The van der Waals surface area contributed by atoms with Crippen molar-refractivity contribution in [3.63, 3.8) is 0 Å². The topological polar surface area (TPSA) is 50.4 Å². The van der Waals surface area contributed by atoms with Gasteiger partial charge < -0.3 is 15.4 Å². The van der Waals surface area contributed by atoms with Crippen LogP contribution in [0.1, 0.15) is 32.3 Å². The van der Waals surface area contributed by atoms with E-state index in [-0.39, 0.29) is 17.9 Å². The smallest absolute Gasteiger partial charge is 0.231 e. The molecule has 1 aliphatic heterocycles. The van der Waals surface area contributed by atoms with Crippen LogP contribution in [-0.2, 0) is 16.0 Å². The monoisotopic (exact) mass is 290 g/mol. The number of anilines is 1. The Labute approximate surface area is 127 Å². The Hall–Kier alpha value is -1.39. The van der Waals surface area contributed by atoms with E-state index in [0.717, 1.165) is 31.5 Å². The lowest BCUT2D eigenvalue weighted by Gasteiger charge is -2.19. The summed E-state index contributed by atoms with van der Waals surface area (Å²) in [6.45, 7) is 6.31. The molecule has 0 bridgehead atoms. The molecule has 2 atom stereocenters. The van der Waals surface area contributed by atoms with Crippen molar-refractivity contribution in [2.24, 2.45) is 5.92 Å². The second-order valence-corrected chi connectivity index (χ2v) is 5.60. The third-order valence-corrected chi connectivity index (χ3v) is 3.87. The summed E-state index contributed by atoms with van der Waals surface area (Å²) in [6, 6.07) is 8.17. The van der Waals surface area contributed by atoms with Gasteiger partial charge in [0.25, 0.3) is 0 Å². The molecule has 116 valence electrons. The van der Waals surface area contributed by atoms with Crippen molar-refractivity contribution < 1.29 is 9.53 Å². The summed E-state index contributed by atoms with van der Waals surface area (Å²) in [4.78, 5) is 12.5. The number of amides is 1. The number of ether oxygens (including phenoxy) is 1. The van der Waals surface area contributed by atoms with E-state index in [1.54, 1.807) is 0 Å². The van der Waals surface area contributed by atoms with E-state index in [1.165, 1.54) is 5.56 Å². The molecule has 1 amide bonds. The quantitative estimate of drug-likeness (QED) is 0.811. The van der Waals surface area contributed by atoms with Crippen molar-refractivity contribution in [3.8, 4) is 0 Å². The van der Waals surface area contributed by atoms with Crippen molar-refractivity contribution in [2.45, 2.75) is 39.2 Å². The largest absolute Gasteiger partial charge is 0.379 e. The van der Waals surface area contributed by atoms with E-state index in [1.807, 2.05) is 18.2 Å². The molecule has 2 rings (SSSR count). The van der Waals surface area contributed by atoms with E-state index in [2.05, 4.69) is 30.5 Å². The predicted octanol–water partition coefficient (Wildman–Crippen LogP) is 2.59. The maximum atomic E-state index is 12.5. The Bertz CT molecular complexity index is 462.